The number of carbonyl (C=O) groups is 1. The molecule has 0 spiro atoms. The highest BCUT2D eigenvalue weighted by Crippen LogP contribution is 2.24. The Hall–Kier alpha value is -2.04. The van der Waals surface area contributed by atoms with E-state index in [1.54, 1.807) is 34.6 Å². The summed E-state index contributed by atoms with van der Waals surface area (Å²) in [7, 11) is 3.60. The SMILES string of the molecule is Cc1c(-c2ccc(C(=O)O)n2C)cnn1C. The second kappa shape index (κ2) is 3.52. The topological polar surface area (TPSA) is 60.0 Å². The molecular weight excluding hydrogens is 206 g/mol. The molecule has 0 aliphatic carbocycles. The molecule has 0 amide bonds. The predicted molar refractivity (Wildman–Crippen MR) is 59.3 cm³/mol. The van der Waals surface area contributed by atoms with Crippen molar-refractivity contribution in [3.05, 3.63) is 29.7 Å². The van der Waals surface area contributed by atoms with E-state index in [9.17, 15) is 4.79 Å². The average molecular weight is 219 g/mol. The minimum Gasteiger partial charge on any atom is -0.477 e. The number of aromatic nitrogens is 3. The van der Waals surface area contributed by atoms with Gasteiger partial charge in [-0.25, -0.2) is 4.79 Å². The van der Waals surface area contributed by atoms with Crippen LogP contribution in [0.2, 0.25) is 0 Å². The van der Waals surface area contributed by atoms with Crippen LogP contribution in [0.25, 0.3) is 11.3 Å². The Labute approximate surface area is 92.9 Å². The fraction of sp³-hybridized carbons (Fsp3) is 0.273. The number of carboxylic acid groups (broad SMARTS) is 1. The number of aryl methyl sites for hydroxylation is 1. The van der Waals surface area contributed by atoms with E-state index in [1.165, 1.54) is 0 Å². The first-order chi connectivity index (χ1) is 7.52. The summed E-state index contributed by atoms with van der Waals surface area (Å²) in [6, 6.07) is 3.40. The molecule has 0 saturated heterocycles. The van der Waals surface area contributed by atoms with Crippen molar-refractivity contribution in [3.63, 3.8) is 0 Å². The zero-order chi connectivity index (χ0) is 11.9. The van der Waals surface area contributed by atoms with E-state index in [2.05, 4.69) is 5.10 Å². The highest BCUT2D eigenvalue weighted by molar-refractivity contribution is 5.87. The third kappa shape index (κ3) is 1.41. The summed E-state index contributed by atoms with van der Waals surface area (Å²) in [6.07, 6.45) is 1.75. The molecule has 0 saturated carbocycles. The molecule has 0 fully saturated rings. The maximum Gasteiger partial charge on any atom is 0.352 e. The van der Waals surface area contributed by atoms with Gasteiger partial charge in [-0.15, -0.1) is 0 Å². The summed E-state index contributed by atoms with van der Waals surface area (Å²) in [6.45, 7) is 1.95. The maximum atomic E-state index is 10.9. The molecule has 0 aliphatic heterocycles. The molecule has 2 heterocycles. The lowest BCUT2D eigenvalue weighted by molar-refractivity contribution is 0.0687. The second-order valence-electron chi connectivity index (χ2n) is 3.74. The Bertz CT molecular complexity index is 552. The third-order valence-electron chi connectivity index (χ3n) is 2.85. The predicted octanol–water partition coefficient (Wildman–Crippen LogP) is 1.43. The van der Waals surface area contributed by atoms with Gasteiger partial charge in [0.1, 0.15) is 5.69 Å². The van der Waals surface area contributed by atoms with Crippen molar-refractivity contribution < 1.29 is 9.90 Å². The molecule has 5 nitrogen and oxygen atoms in total. The summed E-state index contributed by atoms with van der Waals surface area (Å²) in [5.41, 5.74) is 3.11. The van der Waals surface area contributed by atoms with Gasteiger partial charge in [-0.3, -0.25) is 4.68 Å². The molecule has 0 unspecified atom stereocenters. The molecule has 2 aromatic heterocycles. The Kier molecular flexibility index (Phi) is 2.30. The van der Waals surface area contributed by atoms with Crippen LogP contribution < -0.4 is 0 Å². The summed E-state index contributed by atoms with van der Waals surface area (Å²) < 4.78 is 3.43. The molecule has 2 rings (SSSR count). The summed E-state index contributed by atoms with van der Waals surface area (Å²) in [5.74, 6) is -0.921. The maximum absolute atomic E-state index is 10.9. The highest BCUT2D eigenvalue weighted by Gasteiger charge is 2.15. The van der Waals surface area contributed by atoms with Crippen molar-refractivity contribution in [2.24, 2.45) is 14.1 Å². The number of hydrogen-bond acceptors (Lipinski definition) is 2. The number of aromatic carboxylic acids is 1. The van der Waals surface area contributed by atoms with Crippen molar-refractivity contribution in [1.82, 2.24) is 14.3 Å². The zero-order valence-corrected chi connectivity index (χ0v) is 9.43. The molecule has 5 heteroatoms. The van der Waals surface area contributed by atoms with Crippen LogP contribution in [0.4, 0.5) is 0 Å². The minimum atomic E-state index is -0.921. The van der Waals surface area contributed by atoms with Gasteiger partial charge in [0.05, 0.1) is 11.9 Å². The van der Waals surface area contributed by atoms with Crippen LogP contribution in [0.1, 0.15) is 16.2 Å². The van der Waals surface area contributed by atoms with Gasteiger partial charge in [-0.05, 0) is 19.1 Å². The smallest absolute Gasteiger partial charge is 0.352 e. The van der Waals surface area contributed by atoms with Gasteiger partial charge in [0.2, 0.25) is 0 Å². The quantitative estimate of drug-likeness (QED) is 0.831. The van der Waals surface area contributed by atoms with E-state index in [4.69, 9.17) is 5.11 Å². The highest BCUT2D eigenvalue weighted by atomic mass is 16.4. The molecule has 1 N–H and O–H groups in total. The molecule has 0 aromatic carbocycles. The molecule has 16 heavy (non-hydrogen) atoms. The van der Waals surface area contributed by atoms with Gasteiger partial charge >= 0.3 is 5.97 Å². The Morgan fingerprint density at radius 3 is 2.50 bits per heavy atom. The van der Waals surface area contributed by atoms with Crippen molar-refractivity contribution >= 4 is 5.97 Å². The first kappa shape index (κ1) is 10.5. The number of nitrogens with zero attached hydrogens (tertiary/aromatic N) is 3. The molecule has 0 atom stereocenters. The Morgan fingerprint density at radius 1 is 1.38 bits per heavy atom. The molecule has 0 aliphatic rings. The second-order valence-corrected chi connectivity index (χ2v) is 3.74. The van der Waals surface area contributed by atoms with E-state index < -0.39 is 5.97 Å². The summed E-state index contributed by atoms with van der Waals surface area (Å²) >= 11 is 0. The Morgan fingerprint density at radius 2 is 2.06 bits per heavy atom. The first-order valence-corrected chi connectivity index (χ1v) is 4.90. The van der Waals surface area contributed by atoms with E-state index in [1.807, 2.05) is 14.0 Å². The first-order valence-electron chi connectivity index (χ1n) is 4.90. The Balaban J connectivity index is 2.57. The molecule has 2 aromatic rings. The monoisotopic (exact) mass is 219 g/mol. The van der Waals surface area contributed by atoms with Gasteiger partial charge in [0.25, 0.3) is 0 Å². The number of rotatable bonds is 2. The summed E-state index contributed by atoms with van der Waals surface area (Å²) in [4.78, 5) is 10.9. The standard InChI is InChI=1S/C11H13N3O2/c1-7-8(6-12-14(7)3)9-4-5-10(11(15)16)13(9)2/h4-6H,1-3H3,(H,15,16). The van der Waals surface area contributed by atoms with Gasteiger partial charge in [-0.1, -0.05) is 0 Å². The lowest BCUT2D eigenvalue weighted by Crippen LogP contribution is -2.05. The fourth-order valence-electron chi connectivity index (χ4n) is 1.75. The van der Waals surface area contributed by atoms with E-state index in [0.717, 1.165) is 17.0 Å². The van der Waals surface area contributed by atoms with Gasteiger partial charge in [0, 0.05) is 25.4 Å². The third-order valence-corrected chi connectivity index (χ3v) is 2.85. The minimum absolute atomic E-state index is 0.276. The fourth-order valence-corrected chi connectivity index (χ4v) is 1.75. The van der Waals surface area contributed by atoms with Crippen molar-refractivity contribution in [2.45, 2.75) is 6.92 Å². The van der Waals surface area contributed by atoms with E-state index in [-0.39, 0.29) is 5.69 Å². The molecule has 0 bridgehead atoms. The average Bonchev–Trinajstić information content (AvgIpc) is 2.73. The lowest BCUT2D eigenvalue weighted by Gasteiger charge is -2.04. The normalized spacial score (nSPS) is 10.7. The van der Waals surface area contributed by atoms with Crippen LogP contribution in [-0.4, -0.2) is 25.4 Å². The van der Waals surface area contributed by atoms with Crippen molar-refractivity contribution in [3.8, 4) is 11.3 Å². The number of carboxylic acids is 1. The van der Waals surface area contributed by atoms with Crippen LogP contribution in [0.5, 0.6) is 0 Å². The summed E-state index contributed by atoms with van der Waals surface area (Å²) in [5, 5.41) is 13.1. The van der Waals surface area contributed by atoms with Gasteiger partial charge < -0.3 is 9.67 Å². The van der Waals surface area contributed by atoms with Gasteiger partial charge in [0.15, 0.2) is 0 Å². The molecule has 0 radical (unpaired) electrons. The number of hydrogen-bond donors (Lipinski definition) is 1. The van der Waals surface area contributed by atoms with Crippen molar-refractivity contribution in [1.29, 1.82) is 0 Å². The lowest BCUT2D eigenvalue weighted by atomic mass is 10.2. The van der Waals surface area contributed by atoms with Crippen LogP contribution >= 0.6 is 0 Å². The molecule has 84 valence electrons. The van der Waals surface area contributed by atoms with Gasteiger partial charge in [-0.2, -0.15) is 5.10 Å². The van der Waals surface area contributed by atoms with Crippen LogP contribution in [0.3, 0.4) is 0 Å². The van der Waals surface area contributed by atoms with Crippen LogP contribution in [-0.2, 0) is 14.1 Å². The van der Waals surface area contributed by atoms with Crippen LogP contribution in [0.15, 0.2) is 18.3 Å². The largest absolute Gasteiger partial charge is 0.477 e. The van der Waals surface area contributed by atoms with E-state index in [0.29, 0.717) is 0 Å². The zero-order valence-electron chi connectivity index (χ0n) is 9.43. The van der Waals surface area contributed by atoms with Crippen molar-refractivity contribution in [2.75, 3.05) is 0 Å². The van der Waals surface area contributed by atoms with Crippen LogP contribution in [0, 0.1) is 6.92 Å². The van der Waals surface area contributed by atoms with E-state index >= 15 is 0 Å². The molecular formula is C11H13N3O2.